The van der Waals surface area contributed by atoms with Gasteiger partial charge in [-0.25, -0.2) is 14.4 Å². The molecule has 0 amide bonds. The number of hydrogen-bond acceptors (Lipinski definition) is 12. The van der Waals surface area contributed by atoms with Crippen LogP contribution in [0.1, 0.15) is 49.0 Å². The van der Waals surface area contributed by atoms with Crippen LogP contribution in [0.4, 0.5) is 0 Å². The third kappa shape index (κ3) is 4.82. The Bertz CT molecular complexity index is 1590. The van der Waals surface area contributed by atoms with Crippen molar-refractivity contribution in [2.45, 2.75) is 74.1 Å². The monoisotopic (exact) mass is 623 g/mol. The maximum Gasteiger partial charge on any atom is 0.353 e. The number of carbonyl (C=O) groups is 4. The van der Waals surface area contributed by atoms with E-state index in [9.17, 15) is 34.5 Å². The molecule has 4 aliphatic rings. The molecule has 0 radical (unpaired) electrons. The lowest BCUT2D eigenvalue weighted by Gasteiger charge is -2.61. The smallest absolute Gasteiger partial charge is 0.353 e. The van der Waals surface area contributed by atoms with Gasteiger partial charge in [-0.1, -0.05) is 36.4 Å². The van der Waals surface area contributed by atoms with E-state index in [1.54, 1.807) is 18.2 Å². The van der Waals surface area contributed by atoms with E-state index < -0.39 is 65.7 Å². The Morgan fingerprint density at radius 2 is 1.82 bits per heavy atom. The third-order valence-electron chi connectivity index (χ3n) is 9.41. The Hall–Kier alpha value is -4.46. The van der Waals surface area contributed by atoms with Crippen molar-refractivity contribution in [2.24, 2.45) is 0 Å². The lowest BCUT2D eigenvalue weighted by atomic mass is 9.50. The minimum atomic E-state index is -2.01. The van der Waals surface area contributed by atoms with Crippen LogP contribution in [-0.4, -0.2) is 92.8 Å². The van der Waals surface area contributed by atoms with Crippen LogP contribution in [0.5, 0.6) is 11.5 Å². The predicted molar refractivity (Wildman–Crippen MR) is 152 cm³/mol. The number of esters is 3. The summed E-state index contributed by atoms with van der Waals surface area (Å²) in [5.74, 6) is -4.73. The minimum absolute atomic E-state index is 0.0391. The summed E-state index contributed by atoms with van der Waals surface area (Å²) in [7, 11) is 1.94. The summed E-state index contributed by atoms with van der Waals surface area (Å²) in [6.07, 6.45) is -4.40. The molecule has 1 spiro atoms. The molecule has 45 heavy (non-hydrogen) atoms. The summed E-state index contributed by atoms with van der Waals surface area (Å²) in [6, 6.07) is 10.8. The van der Waals surface area contributed by atoms with Crippen molar-refractivity contribution in [2.75, 3.05) is 13.6 Å². The molecule has 2 heterocycles. The predicted octanol–water partition coefficient (Wildman–Crippen LogP) is 1.26. The van der Waals surface area contributed by atoms with Gasteiger partial charge in [0.25, 0.3) is 0 Å². The highest BCUT2D eigenvalue weighted by molar-refractivity contribution is 5.86. The minimum Gasteiger partial charge on any atom is -0.504 e. The van der Waals surface area contributed by atoms with Crippen molar-refractivity contribution < 1.29 is 58.6 Å². The van der Waals surface area contributed by atoms with Gasteiger partial charge in [0.05, 0.1) is 17.4 Å². The largest absolute Gasteiger partial charge is 0.504 e. The molecule has 0 aromatic heterocycles. The summed E-state index contributed by atoms with van der Waals surface area (Å²) in [4.78, 5) is 51.9. The summed E-state index contributed by atoms with van der Waals surface area (Å²) in [6.45, 7) is 1.76. The first-order valence-corrected chi connectivity index (χ1v) is 14.6. The quantitative estimate of drug-likeness (QED) is 0.231. The van der Waals surface area contributed by atoms with Crippen LogP contribution in [0, 0.1) is 0 Å². The Morgan fingerprint density at radius 3 is 2.53 bits per heavy atom. The number of phenols is 1. The molecular formula is C32H33NO12. The van der Waals surface area contributed by atoms with E-state index in [1.165, 1.54) is 24.3 Å². The number of piperidine rings is 1. The summed E-state index contributed by atoms with van der Waals surface area (Å²) in [5.41, 5.74) is -0.494. The van der Waals surface area contributed by atoms with Gasteiger partial charge in [0.2, 0.25) is 6.10 Å². The molecule has 2 aliphatic carbocycles. The zero-order valence-corrected chi connectivity index (χ0v) is 24.5. The van der Waals surface area contributed by atoms with Crippen LogP contribution in [0.25, 0.3) is 0 Å². The highest BCUT2D eigenvalue weighted by Gasteiger charge is 2.72. The summed E-state index contributed by atoms with van der Waals surface area (Å²) in [5, 5.41) is 42.6. The molecule has 238 valence electrons. The molecular weight excluding hydrogens is 590 g/mol. The van der Waals surface area contributed by atoms with Gasteiger partial charge in [0.1, 0.15) is 5.76 Å². The van der Waals surface area contributed by atoms with E-state index in [-0.39, 0.29) is 35.3 Å². The molecule has 0 saturated carbocycles. The Labute approximate surface area is 257 Å². The number of carbonyl (C=O) groups excluding carboxylic acids is 3. The second-order valence-corrected chi connectivity index (χ2v) is 11.9. The Morgan fingerprint density at radius 1 is 1.09 bits per heavy atom. The number of aromatic hydroxyl groups is 1. The third-order valence-corrected chi connectivity index (χ3v) is 9.41. The number of carboxylic acid groups (broad SMARTS) is 1. The number of carboxylic acids is 1. The SMILES string of the molecule is C[C@H](OC(=O)[C@@H](OC(=O)C[C@H](O)C(=O)OC1=CC[C@@]2(O)[C@@H]3Cc4ccc(O)c5c4[C@@]2(CCN3C)[C@H]1O5)c1ccccc1)C(=O)O. The van der Waals surface area contributed by atoms with E-state index in [0.29, 0.717) is 24.9 Å². The molecule has 0 unspecified atom stereocenters. The first-order chi connectivity index (χ1) is 21.4. The van der Waals surface area contributed by atoms with Crippen molar-refractivity contribution >= 4 is 23.9 Å². The van der Waals surface area contributed by atoms with Crippen LogP contribution < -0.4 is 4.74 Å². The van der Waals surface area contributed by atoms with Crippen molar-refractivity contribution in [3.63, 3.8) is 0 Å². The number of rotatable bonds is 9. The van der Waals surface area contributed by atoms with Gasteiger partial charge < -0.3 is 44.3 Å². The molecule has 1 saturated heterocycles. The number of likely N-dealkylation sites (tertiary alicyclic amines) is 1. The zero-order chi connectivity index (χ0) is 32.3. The maximum absolute atomic E-state index is 13.1. The standard InChI is InChI=1S/C32H33NO12/c1-16(28(37)38)42-30(40)25(17-6-4-3-5-7-17)44-23(36)15-20(35)29(39)43-21-10-11-32(41)22-14-18-8-9-19(34)26-24(18)31(32,27(21)45-26)12-13-33(22)2/h3-10,16,20,22,25,27,34-35,41H,11-15H2,1-2H3,(H,37,38)/t16-,20-,22-,25-,27-,31-,32+/m0/s1. The second kappa shape index (κ2) is 11.2. The van der Waals surface area contributed by atoms with Crippen molar-refractivity contribution in [3.8, 4) is 11.5 Å². The van der Waals surface area contributed by atoms with Gasteiger partial charge in [-0.2, -0.15) is 0 Å². The molecule has 2 aromatic carbocycles. The van der Waals surface area contributed by atoms with E-state index >= 15 is 0 Å². The van der Waals surface area contributed by atoms with E-state index in [1.807, 2.05) is 13.1 Å². The Kier molecular flexibility index (Phi) is 7.58. The van der Waals surface area contributed by atoms with Gasteiger partial charge in [0, 0.05) is 23.6 Å². The number of hydrogen-bond donors (Lipinski definition) is 4. The molecule has 4 N–H and O–H groups in total. The number of aliphatic hydroxyl groups is 2. The van der Waals surface area contributed by atoms with Gasteiger partial charge in [-0.3, -0.25) is 4.79 Å². The molecule has 1 fully saturated rings. The van der Waals surface area contributed by atoms with Crippen LogP contribution in [0.3, 0.4) is 0 Å². The number of aliphatic carboxylic acids is 1. The topological polar surface area (TPSA) is 189 Å². The number of benzene rings is 2. The average molecular weight is 624 g/mol. The first kappa shape index (κ1) is 30.6. The fraction of sp³-hybridized carbons (Fsp3) is 0.438. The fourth-order valence-electron chi connectivity index (χ4n) is 7.21. The maximum atomic E-state index is 13.1. The lowest BCUT2D eigenvalue weighted by molar-refractivity contribution is -0.179. The van der Waals surface area contributed by atoms with Gasteiger partial charge in [0.15, 0.2) is 29.8 Å². The highest BCUT2D eigenvalue weighted by atomic mass is 16.6. The lowest BCUT2D eigenvalue weighted by Crippen LogP contribution is -2.74. The van der Waals surface area contributed by atoms with Crippen molar-refractivity contribution in [3.05, 3.63) is 71.0 Å². The van der Waals surface area contributed by atoms with Crippen LogP contribution in [-0.2, 0) is 45.2 Å². The highest BCUT2D eigenvalue weighted by Crippen LogP contribution is 2.65. The Balaban J connectivity index is 1.19. The van der Waals surface area contributed by atoms with Crippen LogP contribution in [0.15, 0.2) is 54.3 Å². The molecule has 2 aromatic rings. The number of phenolic OH excluding ortho intramolecular Hbond substituents is 1. The molecule has 2 aliphatic heterocycles. The van der Waals surface area contributed by atoms with Crippen LogP contribution >= 0.6 is 0 Å². The van der Waals surface area contributed by atoms with Crippen LogP contribution in [0.2, 0.25) is 0 Å². The summed E-state index contributed by atoms with van der Waals surface area (Å²) < 4.78 is 22.0. The van der Waals surface area contributed by atoms with Crippen molar-refractivity contribution in [1.82, 2.24) is 4.90 Å². The van der Waals surface area contributed by atoms with Gasteiger partial charge in [-0.15, -0.1) is 0 Å². The van der Waals surface area contributed by atoms with Gasteiger partial charge in [-0.05, 0) is 51.1 Å². The molecule has 2 bridgehead atoms. The van der Waals surface area contributed by atoms with Crippen molar-refractivity contribution in [1.29, 1.82) is 0 Å². The first-order valence-electron chi connectivity index (χ1n) is 14.6. The van der Waals surface area contributed by atoms with Gasteiger partial charge >= 0.3 is 23.9 Å². The normalized spacial score (nSPS) is 28.0. The number of ether oxygens (including phenoxy) is 4. The summed E-state index contributed by atoms with van der Waals surface area (Å²) >= 11 is 0. The fourth-order valence-corrected chi connectivity index (χ4v) is 7.21. The molecule has 13 nitrogen and oxygen atoms in total. The number of nitrogens with zero attached hydrogens (tertiary/aromatic N) is 1. The molecule has 6 rings (SSSR count). The zero-order valence-electron chi connectivity index (χ0n) is 24.5. The van der Waals surface area contributed by atoms with E-state index in [2.05, 4.69) is 4.90 Å². The molecule has 13 heteroatoms. The van der Waals surface area contributed by atoms with E-state index in [0.717, 1.165) is 12.5 Å². The second-order valence-electron chi connectivity index (χ2n) is 11.9. The molecule has 7 atom stereocenters. The number of aliphatic hydroxyl groups excluding tert-OH is 1. The van der Waals surface area contributed by atoms with E-state index in [4.69, 9.17) is 24.1 Å². The number of likely N-dealkylation sites (N-methyl/N-ethyl adjacent to an activating group) is 1. The average Bonchev–Trinajstić information content (AvgIpc) is 3.37.